The third-order valence-corrected chi connectivity index (χ3v) is 3.39. The number of halogens is 1. The van der Waals surface area contributed by atoms with Crippen LogP contribution < -0.4 is 26.9 Å². The van der Waals surface area contributed by atoms with E-state index in [1.54, 1.807) is 0 Å². The Kier molecular flexibility index (Phi) is 3.29. The van der Waals surface area contributed by atoms with Gasteiger partial charge >= 0.3 is 76.6 Å². The number of alkyl halides is 1. The van der Waals surface area contributed by atoms with Gasteiger partial charge in [0.25, 0.3) is 0 Å². The second kappa shape index (κ2) is 4.04. The molecule has 0 saturated carbocycles. The summed E-state index contributed by atoms with van der Waals surface area (Å²) in [5, 5.41) is 8.97. The SMILES string of the molecule is C[I-]c1ccc(C(N)O)cc1. The summed E-state index contributed by atoms with van der Waals surface area (Å²) in [5.41, 5.74) is 6.05. The summed E-state index contributed by atoms with van der Waals surface area (Å²) < 4.78 is 1.37. The van der Waals surface area contributed by atoms with E-state index in [4.69, 9.17) is 10.8 Å². The molecule has 1 aromatic carbocycles. The number of aliphatic hydroxyl groups is 1. The monoisotopic (exact) mass is 264 g/mol. The number of hydrogen-bond acceptors (Lipinski definition) is 2. The Hall–Kier alpha value is -0.130. The standard InChI is InChI=1S/C8H11INO/c1-9-7-4-2-6(3-5-7)8(10)11/h2-5,8,11H,10H2,1H3/q-1. The molecule has 0 fully saturated rings. The molecule has 0 aliphatic heterocycles. The molecule has 2 nitrogen and oxygen atoms in total. The Bertz CT molecular complexity index is 220. The number of hydrogen-bond donors (Lipinski definition) is 2. The number of benzene rings is 1. The Balaban J connectivity index is 2.83. The van der Waals surface area contributed by atoms with Crippen molar-refractivity contribution in [2.45, 2.75) is 6.23 Å². The summed E-state index contributed by atoms with van der Waals surface area (Å²) in [4.78, 5) is 2.20. The van der Waals surface area contributed by atoms with Crippen molar-refractivity contribution < 1.29 is 26.3 Å². The summed E-state index contributed by atoms with van der Waals surface area (Å²) >= 11 is 0.154. The second-order valence-electron chi connectivity index (χ2n) is 2.19. The molecule has 0 aromatic heterocycles. The van der Waals surface area contributed by atoms with Crippen molar-refractivity contribution >= 4 is 0 Å². The molecule has 3 N–H and O–H groups in total. The van der Waals surface area contributed by atoms with Crippen LogP contribution in [0.15, 0.2) is 24.3 Å². The molecular weight excluding hydrogens is 253 g/mol. The molecule has 1 aromatic rings. The van der Waals surface area contributed by atoms with E-state index >= 15 is 0 Å². The second-order valence-corrected chi connectivity index (χ2v) is 4.51. The third-order valence-electron chi connectivity index (χ3n) is 1.43. The van der Waals surface area contributed by atoms with Gasteiger partial charge in [-0.3, -0.25) is 0 Å². The van der Waals surface area contributed by atoms with Crippen LogP contribution in [0.5, 0.6) is 0 Å². The molecule has 0 amide bonds. The first-order valence-corrected chi connectivity index (χ1v) is 6.50. The Morgan fingerprint density at radius 3 is 2.27 bits per heavy atom. The van der Waals surface area contributed by atoms with Crippen LogP contribution in [0.1, 0.15) is 11.8 Å². The van der Waals surface area contributed by atoms with Gasteiger partial charge in [0.1, 0.15) is 0 Å². The van der Waals surface area contributed by atoms with Gasteiger partial charge in [-0.2, -0.15) is 0 Å². The zero-order valence-electron chi connectivity index (χ0n) is 6.29. The topological polar surface area (TPSA) is 46.2 Å². The van der Waals surface area contributed by atoms with Gasteiger partial charge in [-0.25, -0.2) is 0 Å². The molecule has 3 heteroatoms. The van der Waals surface area contributed by atoms with Gasteiger partial charge in [-0.15, -0.1) is 0 Å². The molecular formula is C8H11INO-. The van der Waals surface area contributed by atoms with Gasteiger partial charge in [-0.05, 0) is 0 Å². The average Bonchev–Trinajstić information content (AvgIpc) is 2.05. The van der Waals surface area contributed by atoms with Crippen molar-refractivity contribution in [2.75, 3.05) is 4.93 Å². The summed E-state index contributed by atoms with van der Waals surface area (Å²) in [6, 6.07) is 7.81. The average molecular weight is 264 g/mol. The van der Waals surface area contributed by atoms with Crippen molar-refractivity contribution in [3.05, 3.63) is 33.4 Å². The van der Waals surface area contributed by atoms with Crippen molar-refractivity contribution in [3.8, 4) is 0 Å². The molecule has 0 bridgehead atoms. The molecule has 1 atom stereocenters. The van der Waals surface area contributed by atoms with E-state index in [-0.39, 0.29) is 21.2 Å². The van der Waals surface area contributed by atoms with Gasteiger partial charge in [0, 0.05) is 0 Å². The van der Waals surface area contributed by atoms with E-state index in [0.29, 0.717) is 0 Å². The summed E-state index contributed by atoms with van der Waals surface area (Å²) in [5.74, 6) is 0. The summed E-state index contributed by atoms with van der Waals surface area (Å²) in [6.07, 6.45) is -0.834. The zero-order chi connectivity index (χ0) is 8.27. The van der Waals surface area contributed by atoms with E-state index in [1.165, 1.54) is 3.57 Å². The molecule has 0 spiro atoms. The number of aliphatic hydroxyl groups excluding tert-OH is 1. The zero-order valence-corrected chi connectivity index (χ0v) is 8.45. The maximum atomic E-state index is 8.97. The fraction of sp³-hybridized carbons (Fsp3) is 0.250. The molecule has 0 heterocycles. The van der Waals surface area contributed by atoms with E-state index in [9.17, 15) is 0 Å². The molecule has 1 rings (SSSR count). The number of nitrogens with two attached hydrogens (primary N) is 1. The minimum atomic E-state index is -0.834. The van der Waals surface area contributed by atoms with Crippen LogP contribution in [0.4, 0.5) is 0 Å². The molecule has 1 unspecified atom stereocenters. The van der Waals surface area contributed by atoms with E-state index in [1.807, 2.05) is 24.3 Å². The van der Waals surface area contributed by atoms with Crippen LogP contribution in [0, 0.1) is 3.57 Å². The van der Waals surface area contributed by atoms with E-state index in [2.05, 4.69) is 4.93 Å². The van der Waals surface area contributed by atoms with Crippen LogP contribution >= 0.6 is 0 Å². The predicted octanol–water partition coefficient (Wildman–Crippen LogP) is -2.48. The number of rotatable bonds is 2. The fourth-order valence-electron chi connectivity index (χ4n) is 0.786. The summed E-state index contributed by atoms with van der Waals surface area (Å²) in [6.45, 7) is 0. The van der Waals surface area contributed by atoms with Crippen LogP contribution in [-0.2, 0) is 0 Å². The first kappa shape index (κ1) is 8.96. The van der Waals surface area contributed by atoms with Gasteiger partial charge in [0.05, 0.1) is 0 Å². The molecule has 0 aliphatic carbocycles. The van der Waals surface area contributed by atoms with Gasteiger partial charge < -0.3 is 0 Å². The quantitative estimate of drug-likeness (QED) is 0.353. The van der Waals surface area contributed by atoms with Crippen LogP contribution in [0.2, 0.25) is 0 Å². The fourth-order valence-corrected chi connectivity index (χ4v) is 1.86. The molecule has 0 aliphatic rings. The van der Waals surface area contributed by atoms with E-state index in [0.717, 1.165) is 5.56 Å². The van der Waals surface area contributed by atoms with Crippen molar-refractivity contribution in [1.29, 1.82) is 0 Å². The first-order chi connectivity index (χ1) is 5.24. The van der Waals surface area contributed by atoms with Crippen LogP contribution in [-0.4, -0.2) is 10.0 Å². The Morgan fingerprint density at radius 2 is 1.91 bits per heavy atom. The van der Waals surface area contributed by atoms with Gasteiger partial charge in [0.15, 0.2) is 0 Å². The van der Waals surface area contributed by atoms with Crippen molar-refractivity contribution in [1.82, 2.24) is 0 Å². The summed E-state index contributed by atoms with van der Waals surface area (Å²) in [7, 11) is 0. The van der Waals surface area contributed by atoms with Gasteiger partial charge in [0.2, 0.25) is 0 Å². The molecule has 0 saturated heterocycles. The van der Waals surface area contributed by atoms with E-state index < -0.39 is 6.23 Å². The van der Waals surface area contributed by atoms with Crippen molar-refractivity contribution in [2.24, 2.45) is 5.73 Å². The maximum absolute atomic E-state index is 8.97. The minimum absolute atomic E-state index is 0.154. The predicted molar refractivity (Wildman–Crippen MR) is 40.2 cm³/mol. The van der Waals surface area contributed by atoms with Crippen LogP contribution in [0.3, 0.4) is 0 Å². The molecule has 62 valence electrons. The van der Waals surface area contributed by atoms with Gasteiger partial charge in [-0.1, -0.05) is 0 Å². The van der Waals surface area contributed by atoms with Crippen molar-refractivity contribution in [3.63, 3.8) is 0 Å². The normalized spacial score (nSPS) is 13.4. The Labute approximate surface area is 76.7 Å². The molecule has 11 heavy (non-hydrogen) atoms. The third kappa shape index (κ3) is 2.43. The Morgan fingerprint density at radius 1 is 1.36 bits per heavy atom. The van der Waals surface area contributed by atoms with Crippen LogP contribution in [0.25, 0.3) is 0 Å². The first-order valence-electron chi connectivity index (χ1n) is 3.27. The molecule has 0 radical (unpaired) electrons.